The second kappa shape index (κ2) is 6.13. The second-order valence-corrected chi connectivity index (χ2v) is 5.34. The molecule has 0 radical (unpaired) electrons. The number of hydrogen-bond acceptors (Lipinski definition) is 4. The fraction of sp³-hybridized carbons (Fsp3) is 0.818. The van der Waals surface area contributed by atoms with Gasteiger partial charge in [0, 0.05) is 19.1 Å². The van der Waals surface area contributed by atoms with Crippen molar-refractivity contribution in [1.82, 2.24) is 14.8 Å². The molecule has 1 aromatic heterocycles. The van der Waals surface area contributed by atoms with Crippen LogP contribution in [0.2, 0.25) is 0 Å². The lowest BCUT2D eigenvalue weighted by atomic mass is 10.00. The molecule has 1 saturated heterocycles. The van der Waals surface area contributed by atoms with Crippen LogP contribution in [-0.2, 0) is 17.0 Å². The van der Waals surface area contributed by atoms with Gasteiger partial charge in [0.15, 0.2) is 5.82 Å². The minimum Gasteiger partial charge on any atom is -0.381 e. The van der Waals surface area contributed by atoms with E-state index < -0.39 is 12.7 Å². The van der Waals surface area contributed by atoms with Crippen molar-refractivity contribution in [2.24, 2.45) is 0 Å². The average Bonchev–Trinajstić information content (AvgIpc) is 2.72. The van der Waals surface area contributed by atoms with E-state index in [4.69, 9.17) is 4.74 Å². The Hall–Kier alpha value is -0.760. The van der Waals surface area contributed by atoms with Gasteiger partial charge in [-0.05, 0) is 19.1 Å². The maximum Gasteiger partial charge on any atom is 0.408 e. The number of hydrogen-bond donors (Lipinski definition) is 0. The molecule has 0 bridgehead atoms. The van der Waals surface area contributed by atoms with Crippen LogP contribution in [0.15, 0.2) is 0 Å². The number of rotatable bonds is 4. The zero-order chi connectivity index (χ0) is 13.9. The van der Waals surface area contributed by atoms with E-state index in [9.17, 15) is 13.2 Å². The van der Waals surface area contributed by atoms with Crippen molar-refractivity contribution < 1.29 is 17.9 Å². The van der Waals surface area contributed by atoms with Gasteiger partial charge in [-0.1, -0.05) is 0 Å². The molecule has 0 atom stereocenters. The molecule has 0 N–H and O–H groups in total. The van der Waals surface area contributed by atoms with Gasteiger partial charge in [-0.25, -0.2) is 9.67 Å². The lowest BCUT2D eigenvalue weighted by Crippen LogP contribution is -2.21. The van der Waals surface area contributed by atoms with E-state index in [0.717, 1.165) is 17.5 Å². The van der Waals surface area contributed by atoms with Crippen molar-refractivity contribution in [3.05, 3.63) is 11.6 Å². The van der Waals surface area contributed by atoms with Gasteiger partial charge in [0.2, 0.25) is 0 Å². The highest BCUT2D eigenvalue weighted by molar-refractivity contribution is 7.97. The number of halogens is 3. The Balaban J connectivity index is 2.18. The fourth-order valence-electron chi connectivity index (χ4n) is 2.05. The van der Waals surface area contributed by atoms with Crippen LogP contribution >= 0.6 is 11.8 Å². The standard InChI is InChI=1S/C11H16F3N3OS/c1-19-6-9-15-10(8-2-4-18-5-3-8)16-17(9)7-11(12,13)14/h8H,2-7H2,1H3. The summed E-state index contributed by atoms with van der Waals surface area (Å²) in [6.45, 7) is 0.172. The number of thioether (sulfide) groups is 1. The molecule has 0 aliphatic carbocycles. The van der Waals surface area contributed by atoms with Gasteiger partial charge in [-0.15, -0.1) is 0 Å². The van der Waals surface area contributed by atoms with Gasteiger partial charge >= 0.3 is 6.18 Å². The monoisotopic (exact) mass is 295 g/mol. The summed E-state index contributed by atoms with van der Waals surface area (Å²) >= 11 is 1.44. The van der Waals surface area contributed by atoms with Gasteiger partial charge in [-0.3, -0.25) is 0 Å². The summed E-state index contributed by atoms with van der Waals surface area (Å²) in [6, 6.07) is 0. The van der Waals surface area contributed by atoms with Crippen LogP contribution in [-0.4, -0.2) is 40.4 Å². The van der Waals surface area contributed by atoms with E-state index in [2.05, 4.69) is 10.1 Å². The van der Waals surface area contributed by atoms with E-state index in [0.29, 0.717) is 30.6 Å². The predicted molar refractivity (Wildman–Crippen MR) is 66.1 cm³/mol. The number of alkyl halides is 3. The summed E-state index contributed by atoms with van der Waals surface area (Å²) < 4.78 is 43.7. The quantitative estimate of drug-likeness (QED) is 0.856. The minimum atomic E-state index is -4.27. The largest absolute Gasteiger partial charge is 0.408 e. The van der Waals surface area contributed by atoms with Crippen molar-refractivity contribution in [2.75, 3.05) is 19.5 Å². The topological polar surface area (TPSA) is 39.9 Å². The Kier molecular flexibility index (Phi) is 4.72. The van der Waals surface area contributed by atoms with Crippen LogP contribution in [0.4, 0.5) is 13.2 Å². The van der Waals surface area contributed by atoms with Crippen LogP contribution in [0.1, 0.15) is 30.4 Å². The van der Waals surface area contributed by atoms with Crippen molar-refractivity contribution in [3.63, 3.8) is 0 Å². The highest BCUT2D eigenvalue weighted by atomic mass is 32.2. The maximum absolute atomic E-state index is 12.5. The lowest BCUT2D eigenvalue weighted by molar-refractivity contribution is -0.143. The SMILES string of the molecule is CSCc1nc(C2CCOCC2)nn1CC(F)(F)F. The average molecular weight is 295 g/mol. The van der Waals surface area contributed by atoms with Gasteiger partial charge in [0.05, 0.1) is 5.75 Å². The first-order valence-electron chi connectivity index (χ1n) is 6.06. The second-order valence-electron chi connectivity index (χ2n) is 4.48. The molecule has 4 nitrogen and oxygen atoms in total. The van der Waals surface area contributed by atoms with Crippen molar-refractivity contribution in [3.8, 4) is 0 Å². The first-order valence-corrected chi connectivity index (χ1v) is 7.46. The maximum atomic E-state index is 12.5. The Morgan fingerprint density at radius 3 is 2.63 bits per heavy atom. The normalized spacial score (nSPS) is 17.9. The third kappa shape index (κ3) is 4.10. The predicted octanol–water partition coefficient (Wildman–Crippen LogP) is 2.60. The minimum absolute atomic E-state index is 0.115. The zero-order valence-corrected chi connectivity index (χ0v) is 11.4. The van der Waals surface area contributed by atoms with E-state index in [1.165, 1.54) is 11.8 Å². The van der Waals surface area contributed by atoms with Crippen LogP contribution < -0.4 is 0 Å². The summed E-state index contributed by atoms with van der Waals surface area (Å²) in [5.41, 5.74) is 0. The van der Waals surface area contributed by atoms with Crippen LogP contribution in [0.5, 0.6) is 0 Å². The first kappa shape index (κ1) is 14.6. The molecule has 108 valence electrons. The van der Waals surface area contributed by atoms with E-state index in [1.54, 1.807) is 0 Å². The molecule has 1 aliphatic rings. The summed E-state index contributed by atoms with van der Waals surface area (Å²) in [5, 5.41) is 4.05. The van der Waals surface area contributed by atoms with Gasteiger partial charge in [0.25, 0.3) is 0 Å². The van der Waals surface area contributed by atoms with Crippen molar-refractivity contribution in [1.29, 1.82) is 0 Å². The van der Waals surface area contributed by atoms with Crippen LogP contribution in [0.25, 0.3) is 0 Å². The highest BCUT2D eigenvalue weighted by Crippen LogP contribution is 2.26. The molecule has 1 aromatic rings. The molecule has 19 heavy (non-hydrogen) atoms. The Morgan fingerprint density at radius 2 is 2.05 bits per heavy atom. The number of ether oxygens (including phenoxy) is 1. The zero-order valence-electron chi connectivity index (χ0n) is 10.6. The van der Waals surface area contributed by atoms with E-state index in [1.807, 2.05) is 6.26 Å². The van der Waals surface area contributed by atoms with Crippen LogP contribution in [0, 0.1) is 0 Å². The Labute approximate surface area is 113 Å². The molecule has 0 amide bonds. The molecule has 2 rings (SSSR count). The number of nitrogens with zero attached hydrogens (tertiary/aromatic N) is 3. The molecule has 0 spiro atoms. The van der Waals surface area contributed by atoms with Crippen LogP contribution in [0.3, 0.4) is 0 Å². The molecule has 0 saturated carbocycles. The van der Waals surface area contributed by atoms with Gasteiger partial charge < -0.3 is 4.74 Å². The third-order valence-electron chi connectivity index (χ3n) is 2.95. The Bertz CT molecular complexity index is 416. The summed E-state index contributed by atoms with van der Waals surface area (Å²) in [7, 11) is 0. The molecular formula is C11H16F3N3OS. The molecule has 1 fully saturated rings. The van der Waals surface area contributed by atoms with Crippen molar-refractivity contribution in [2.45, 2.75) is 37.2 Å². The first-order chi connectivity index (χ1) is 8.99. The molecular weight excluding hydrogens is 279 g/mol. The Morgan fingerprint density at radius 1 is 1.37 bits per heavy atom. The molecule has 2 heterocycles. The van der Waals surface area contributed by atoms with Gasteiger partial charge in [0.1, 0.15) is 12.4 Å². The summed E-state index contributed by atoms with van der Waals surface area (Å²) in [5.74, 6) is 1.47. The number of aromatic nitrogens is 3. The fourth-order valence-corrected chi connectivity index (χ4v) is 2.53. The van der Waals surface area contributed by atoms with E-state index >= 15 is 0 Å². The van der Waals surface area contributed by atoms with E-state index in [-0.39, 0.29) is 5.92 Å². The summed E-state index contributed by atoms with van der Waals surface area (Å²) in [4.78, 5) is 4.28. The molecule has 1 aliphatic heterocycles. The van der Waals surface area contributed by atoms with Crippen molar-refractivity contribution >= 4 is 11.8 Å². The summed E-state index contributed by atoms with van der Waals surface area (Å²) in [6.07, 6.45) is -0.891. The lowest BCUT2D eigenvalue weighted by Gasteiger charge is -2.18. The van der Waals surface area contributed by atoms with Gasteiger partial charge in [-0.2, -0.15) is 30.0 Å². The smallest absolute Gasteiger partial charge is 0.381 e. The third-order valence-corrected chi connectivity index (χ3v) is 3.50. The molecule has 0 aromatic carbocycles. The molecule has 8 heteroatoms. The molecule has 0 unspecified atom stereocenters. The highest BCUT2D eigenvalue weighted by Gasteiger charge is 2.31.